The number of hydrogen-bond acceptors (Lipinski definition) is 6. The van der Waals surface area contributed by atoms with Gasteiger partial charge in [-0.15, -0.1) is 22.7 Å². The molecule has 238 valence electrons. The Bertz CT molecular complexity index is 2460. The van der Waals surface area contributed by atoms with Gasteiger partial charge in [0.15, 0.2) is 0 Å². The first kappa shape index (κ1) is 29.9. The Kier molecular flexibility index (Phi) is 7.42. The van der Waals surface area contributed by atoms with Crippen LogP contribution in [0.25, 0.3) is 41.4 Å². The van der Waals surface area contributed by atoms with Gasteiger partial charge >= 0.3 is 0 Å². The van der Waals surface area contributed by atoms with Gasteiger partial charge in [0.25, 0.3) is 11.8 Å². The third kappa shape index (κ3) is 5.11. The molecule has 0 atom stereocenters. The van der Waals surface area contributed by atoms with Crippen molar-refractivity contribution in [1.29, 1.82) is 0 Å². The second-order valence-corrected chi connectivity index (χ2v) is 14.1. The molecule has 5 nitrogen and oxygen atoms in total. The van der Waals surface area contributed by atoms with Gasteiger partial charge in [0.05, 0.1) is 11.9 Å². The maximum Gasteiger partial charge on any atom is 0.266 e. The summed E-state index contributed by atoms with van der Waals surface area (Å²) in [5.74, 6) is -0.672. The Morgan fingerprint density at radius 2 is 1.06 bits per heavy atom. The van der Waals surface area contributed by atoms with Gasteiger partial charge in [0.2, 0.25) is 0 Å². The summed E-state index contributed by atoms with van der Waals surface area (Å²) in [4.78, 5) is 39.5. The molecule has 1 aliphatic heterocycles. The number of benzene rings is 5. The number of amides is 2. The number of pyridine rings is 1. The van der Waals surface area contributed by atoms with E-state index in [-0.39, 0.29) is 11.8 Å². The molecule has 8 aromatic rings. The largest absolute Gasteiger partial charge is 0.311 e. The Morgan fingerprint density at radius 3 is 1.72 bits per heavy atom. The maximum atomic E-state index is 13.6. The molecule has 0 saturated heterocycles. The number of imide groups is 1. The zero-order chi connectivity index (χ0) is 33.6. The number of anilines is 4. The van der Waals surface area contributed by atoms with E-state index in [9.17, 15) is 9.59 Å². The normalized spacial score (nSPS) is 12.4. The molecule has 1 aliphatic rings. The fourth-order valence-electron chi connectivity index (χ4n) is 6.65. The van der Waals surface area contributed by atoms with Crippen LogP contribution in [0.4, 0.5) is 22.7 Å². The average molecular weight is 682 g/mol. The van der Waals surface area contributed by atoms with E-state index in [1.54, 1.807) is 53.3 Å². The highest BCUT2D eigenvalue weighted by molar-refractivity contribution is 7.25. The second-order valence-electron chi connectivity index (χ2n) is 11.9. The topological polar surface area (TPSA) is 53.5 Å². The van der Waals surface area contributed by atoms with Crippen LogP contribution in [0.5, 0.6) is 0 Å². The monoisotopic (exact) mass is 681 g/mol. The first-order valence-corrected chi connectivity index (χ1v) is 17.8. The Morgan fingerprint density at radius 1 is 0.480 bits per heavy atom. The van der Waals surface area contributed by atoms with Crippen molar-refractivity contribution in [1.82, 2.24) is 4.98 Å². The minimum atomic E-state index is -0.336. The Balaban J connectivity index is 1.01. The first-order valence-electron chi connectivity index (χ1n) is 16.2. The van der Waals surface area contributed by atoms with Gasteiger partial charge < -0.3 is 4.90 Å². The molecule has 0 saturated carbocycles. The number of thiophene rings is 2. The van der Waals surface area contributed by atoms with Crippen molar-refractivity contribution < 1.29 is 9.59 Å². The third-order valence-corrected chi connectivity index (χ3v) is 11.4. The second kappa shape index (κ2) is 12.4. The van der Waals surface area contributed by atoms with Gasteiger partial charge in [-0.25, -0.2) is 4.90 Å². The molecule has 4 heterocycles. The molecule has 5 aromatic carbocycles. The fraction of sp³-hybridized carbons (Fsp3) is 0. The van der Waals surface area contributed by atoms with Crippen molar-refractivity contribution in [3.63, 3.8) is 0 Å². The van der Waals surface area contributed by atoms with Crippen LogP contribution in [0, 0.1) is 0 Å². The summed E-state index contributed by atoms with van der Waals surface area (Å²) in [7, 11) is 0. The number of nitrogens with zero attached hydrogens (tertiary/aromatic N) is 3. The standard InChI is InChI=1S/C43H27N3O2S2/c47-42-35-15-7-14-34-33(20-21-36(41(34)35)43(48)46(42)32-13-8-26-44-27-32)38-23-25-40(50-38)39-24-22-37(49-39)28-16-18-31(19-17-28)45(29-9-3-1-4-10-29)30-11-5-2-6-12-30/h1-27H. The molecule has 0 aliphatic carbocycles. The summed E-state index contributed by atoms with van der Waals surface area (Å²) >= 11 is 3.49. The predicted octanol–water partition coefficient (Wildman–Crippen LogP) is 11.6. The third-order valence-electron chi connectivity index (χ3n) is 8.97. The first-order chi connectivity index (χ1) is 24.6. The fourth-order valence-corrected chi connectivity index (χ4v) is 8.80. The number of hydrogen-bond donors (Lipinski definition) is 0. The van der Waals surface area contributed by atoms with Crippen molar-refractivity contribution in [2.45, 2.75) is 0 Å². The minimum absolute atomic E-state index is 0.336. The van der Waals surface area contributed by atoms with Crippen LogP contribution in [0.3, 0.4) is 0 Å². The van der Waals surface area contributed by atoms with Crippen LogP contribution in [-0.2, 0) is 0 Å². The molecule has 9 rings (SSSR count). The van der Waals surface area contributed by atoms with Gasteiger partial charge in [-0.1, -0.05) is 66.7 Å². The molecule has 7 heteroatoms. The van der Waals surface area contributed by atoms with Crippen LogP contribution in [0.1, 0.15) is 20.7 Å². The minimum Gasteiger partial charge on any atom is -0.311 e. The van der Waals surface area contributed by atoms with E-state index < -0.39 is 0 Å². The summed E-state index contributed by atoms with van der Waals surface area (Å²) in [6, 6.07) is 51.3. The van der Waals surface area contributed by atoms with Gasteiger partial charge in [-0.3, -0.25) is 14.6 Å². The highest BCUT2D eigenvalue weighted by Gasteiger charge is 2.34. The van der Waals surface area contributed by atoms with E-state index in [0.717, 1.165) is 32.9 Å². The molecule has 50 heavy (non-hydrogen) atoms. The van der Waals surface area contributed by atoms with E-state index in [4.69, 9.17) is 0 Å². The van der Waals surface area contributed by atoms with Crippen molar-refractivity contribution in [3.8, 4) is 30.6 Å². The molecule has 2 amide bonds. The Hall–Kier alpha value is -6.15. The number of aromatic nitrogens is 1. The smallest absolute Gasteiger partial charge is 0.266 e. The quantitative estimate of drug-likeness (QED) is 0.157. The molecule has 0 N–H and O–H groups in total. The lowest BCUT2D eigenvalue weighted by Gasteiger charge is -2.27. The lowest BCUT2D eigenvalue weighted by atomic mass is 9.90. The summed E-state index contributed by atoms with van der Waals surface area (Å²) < 4.78 is 0. The van der Waals surface area contributed by atoms with Crippen LogP contribution < -0.4 is 9.80 Å². The molecular formula is C43H27N3O2S2. The van der Waals surface area contributed by atoms with Crippen molar-refractivity contribution >= 4 is 68.0 Å². The van der Waals surface area contributed by atoms with Gasteiger partial charge in [-0.05, 0) is 101 Å². The zero-order valence-electron chi connectivity index (χ0n) is 26.6. The highest BCUT2D eigenvalue weighted by Crippen LogP contribution is 2.44. The summed E-state index contributed by atoms with van der Waals surface area (Å²) in [5.41, 5.74) is 6.99. The predicted molar refractivity (Wildman–Crippen MR) is 206 cm³/mol. The van der Waals surface area contributed by atoms with Crippen LogP contribution in [0.15, 0.2) is 164 Å². The molecular weight excluding hydrogens is 655 g/mol. The van der Waals surface area contributed by atoms with Gasteiger partial charge in [0, 0.05) is 59.3 Å². The van der Waals surface area contributed by atoms with E-state index in [1.165, 1.54) is 25.1 Å². The summed E-state index contributed by atoms with van der Waals surface area (Å²) in [6.45, 7) is 0. The van der Waals surface area contributed by atoms with Gasteiger partial charge in [0.1, 0.15) is 0 Å². The summed E-state index contributed by atoms with van der Waals surface area (Å²) in [6.07, 6.45) is 3.17. The SMILES string of the molecule is O=C1c2cccc3c(-c4ccc(-c5ccc(-c6ccc(N(c7ccccc7)c7ccccc7)cc6)s5)s4)ccc(c23)C(=O)N1c1cccnc1. The van der Waals surface area contributed by atoms with Crippen LogP contribution in [0.2, 0.25) is 0 Å². The van der Waals surface area contributed by atoms with Gasteiger partial charge in [-0.2, -0.15) is 0 Å². The van der Waals surface area contributed by atoms with E-state index in [0.29, 0.717) is 22.2 Å². The van der Waals surface area contributed by atoms with E-state index in [2.05, 4.69) is 107 Å². The number of carbonyl (C=O) groups excluding carboxylic acids is 2. The lowest BCUT2D eigenvalue weighted by molar-refractivity contribution is 0.0893. The zero-order valence-corrected chi connectivity index (χ0v) is 28.2. The molecule has 0 radical (unpaired) electrons. The van der Waals surface area contributed by atoms with E-state index >= 15 is 0 Å². The summed E-state index contributed by atoms with van der Waals surface area (Å²) in [5, 5.41) is 1.60. The number of rotatable bonds is 7. The maximum absolute atomic E-state index is 13.6. The highest BCUT2D eigenvalue weighted by atomic mass is 32.1. The average Bonchev–Trinajstić information content (AvgIpc) is 3.87. The lowest BCUT2D eigenvalue weighted by Crippen LogP contribution is -2.40. The van der Waals surface area contributed by atoms with Crippen molar-refractivity contribution in [3.05, 3.63) is 175 Å². The molecule has 3 aromatic heterocycles. The molecule has 0 fully saturated rings. The number of carbonyl (C=O) groups is 2. The van der Waals surface area contributed by atoms with Crippen LogP contribution >= 0.6 is 22.7 Å². The molecule has 0 bridgehead atoms. The van der Waals surface area contributed by atoms with Crippen molar-refractivity contribution in [2.24, 2.45) is 0 Å². The Labute approximate surface area is 297 Å². The molecule has 0 unspecified atom stereocenters. The molecule has 0 spiro atoms. The van der Waals surface area contributed by atoms with E-state index in [1.807, 2.05) is 36.4 Å². The van der Waals surface area contributed by atoms with Crippen molar-refractivity contribution in [2.75, 3.05) is 9.80 Å². The number of para-hydroxylation sites is 2. The van der Waals surface area contributed by atoms with Crippen LogP contribution in [-0.4, -0.2) is 16.8 Å².